The highest BCUT2D eigenvalue weighted by Gasteiger charge is 2.18. The van der Waals surface area contributed by atoms with E-state index in [4.69, 9.17) is 10.8 Å². The molecule has 0 aliphatic carbocycles. The van der Waals surface area contributed by atoms with Gasteiger partial charge < -0.3 is 25.9 Å². The summed E-state index contributed by atoms with van der Waals surface area (Å²) in [5.41, 5.74) is 6.96. The zero-order valence-corrected chi connectivity index (χ0v) is 16.7. The number of hydrogen-bond acceptors (Lipinski definition) is 6. The molecule has 0 fully saturated rings. The molecule has 1 aromatic carbocycles. The second-order valence-corrected chi connectivity index (χ2v) is 7.26. The van der Waals surface area contributed by atoms with Gasteiger partial charge in [0.25, 0.3) is 5.91 Å². The minimum Gasteiger partial charge on any atom is -0.449 e. The second-order valence-electron chi connectivity index (χ2n) is 6.13. The average molecular weight is 429 g/mol. The summed E-state index contributed by atoms with van der Waals surface area (Å²) >= 11 is 1.12. The van der Waals surface area contributed by atoms with Gasteiger partial charge in [0, 0.05) is 17.0 Å². The normalized spacial score (nSPS) is 10.4. The minimum atomic E-state index is -1.40. The molecule has 0 saturated carbocycles. The molecule has 30 heavy (non-hydrogen) atoms. The van der Waals surface area contributed by atoms with E-state index < -0.39 is 18.1 Å². The van der Waals surface area contributed by atoms with Gasteiger partial charge in [-0.25, -0.2) is 14.6 Å². The number of amides is 3. The van der Waals surface area contributed by atoms with Gasteiger partial charge in [-0.3, -0.25) is 10.1 Å². The van der Waals surface area contributed by atoms with Crippen LogP contribution >= 0.6 is 11.3 Å². The topological polar surface area (TPSA) is 159 Å². The van der Waals surface area contributed by atoms with Crippen LogP contribution in [0.4, 0.5) is 21.1 Å². The number of nitrogens with zero attached hydrogens (tertiary/aromatic N) is 1. The standard InChI is InChI=1S/C19H19N5O5S/c1-2-10-5-3-4-6-12(10)21-18(26)24-17-15(16(20)25)22-13(23-17)9-11-7-8-14(30-11)29-19(27)28/h3-8H,2,9H2,1H3,(H2,20,25)(H,22,23)(H,27,28)(H2,21,24,26). The Bertz CT molecular complexity index is 1090. The molecule has 3 rings (SSSR count). The van der Waals surface area contributed by atoms with Crippen molar-refractivity contribution < 1.29 is 24.2 Å². The van der Waals surface area contributed by atoms with Crippen molar-refractivity contribution in [3.63, 3.8) is 0 Å². The predicted molar refractivity (Wildman–Crippen MR) is 111 cm³/mol. The first-order valence-corrected chi connectivity index (χ1v) is 9.71. The fourth-order valence-corrected chi connectivity index (χ4v) is 3.60. The third-order valence-corrected chi connectivity index (χ3v) is 5.01. The largest absolute Gasteiger partial charge is 0.512 e. The maximum absolute atomic E-state index is 12.4. The van der Waals surface area contributed by atoms with Gasteiger partial charge in [0.05, 0.1) is 0 Å². The van der Waals surface area contributed by atoms with Crippen molar-refractivity contribution in [1.82, 2.24) is 9.97 Å². The third kappa shape index (κ3) is 5.14. The van der Waals surface area contributed by atoms with Crippen LogP contribution in [-0.2, 0) is 12.8 Å². The number of nitrogens with two attached hydrogens (primary N) is 1. The van der Waals surface area contributed by atoms with Gasteiger partial charge in [0.15, 0.2) is 10.9 Å². The quantitative estimate of drug-likeness (QED) is 0.362. The van der Waals surface area contributed by atoms with Crippen LogP contribution in [0.5, 0.6) is 5.06 Å². The number of imidazole rings is 1. The van der Waals surface area contributed by atoms with Crippen LogP contribution in [0.2, 0.25) is 0 Å². The van der Waals surface area contributed by atoms with E-state index >= 15 is 0 Å². The van der Waals surface area contributed by atoms with E-state index in [0.29, 0.717) is 11.5 Å². The van der Waals surface area contributed by atoms with Gasteiger partial charge in [0.1, 0.15) is 11.5 Å². The van der Waals surface area contributed by atoms with Gasteiger partial charge in [0.2, 0.25) is 0 Å². The lowest BCUT2D eigenvalue weighted by atomic mass is 10.1. The van der Waals surface area contributed by atoms with Crippen LogP contribution < -0.4 is 21.1 Å². The van der Waals surface area contributed by atoms with Crippen molar-refractivity contribution in [1.29, 1.82) is 0 Å². The maximum Gasteiger partial charge on any atom is 0.512 e. The summed E-state index contributed by atoms with van der Waals surface area (Å²) in [5, 5.41) is 14.1. The first-order valence-electron chi connectivity index (χ1n) is 8.89. The fraction of sp³-hybridized carbons (Fsp3) is 0.158. The number of H-pyrrole nitrogens is 1. The molecule has 6 N–H and O–H groups in total. The summed E-state index contributed by atoms with van der Waals surface area (Å²) in [7, 11) is 0. The number of para-hydroxylation sites is 1. The van der Waals surface area contributed by atoms with Crippen LogP contribution in [0.15, 0.2) is 36.4 Å². The number of benzene rings is 1. The van der Waals surface area contributed by atoms with E-state index in [1.165, 1.54) is 6.07 Å². The molecule has 0 saturated heterocycles. The summed E-state index contributed by atoms with van der Waals surface area (Å²) in [6.45, 7) is 1.97. The lowest BCUT2D eigenvalue weighted by Gasteiger charge is -2.10. The van der Waals surface area contributed by atoms with Crippen LogP contribution in [0.1, 0.15) is 33.7 Å². The Morgan fingerprint density at radius 2 is 1.97 bits per heavy atom. The number of carbonyl (C=O) groups is 3. The molecular weight excluding hydrogens is 410 g/mol. The minimum absolute atomic E-state index is 0.00236. The molecule has 2 aromatic heterocycles. The number of carbonyl (C=O) groups excluding carboxylic acids is 2. The number of rotatable bonds is 7. The van der Waals surface area contributed by atoms with Gasteiger partial charge in [-0.1, -0.05) is 25.1 Å². The van der Waals surface area contributed by atoms with Crippen molar-refractivity contribution in [3.8, 4) is 5.06 Å². The number of ether oxygens (including phenoxy) is 1. The van der Waals surface area contributed by atoms with E-state index in [2.05, 4.69) is 25.3 Å². The molecule has 3 aromatic rings. The van der Waals surface area contributed by atoms with Crippen molar-refractivity contribution in [2.75, 3.05) is 10.6 Å². The molecule has 0 atom stereocenters. The summed E-state index contributed by atoms with van der Waals surface area (Å²) in [5.74, 6) is -0.404. The van der Waals surface area contributed by atoms with E-state index in [9.17, 15) is 14.4 Å². The number of hydrogen-bond donors (Lipinski definition) is 5. The molecule has 0 spiro atoms. The van der Waals surface area contributed by atoms with E-state index in [0.717, 1.165) is 28.2 Å². The smallest absolute Gasteiger partial charge is 0.449 e. The van der Waals surface area contributed by atoms with Crippen LogP contribution in [0.25, 0.3) is 0 Å². The summed E-state index contributed by atoms with van der Waals surface area (Å²) in [6.07, 6.45) is -0.403. The van der Waals surface area contributed by atoms with Gasteiger partial charge in [-0.05, 0) is 30.2 Å². The molecule has 0 aliphatic rings. The SMILES string of the molecule is CCc1ccccc1NC(=O)Nc1nc(Cc2ccc(OC(=O)O)s2)[nH]c1C(N)=O. The Hall–Kier alpha value is -3.86. The summed E-state index contributed by atoms with van der Waals surface area (Å²) < 4.78 is 4.59. The van der Waals surface area contributed by atoms with Crippen molar-refractivity contribution in [3.05, 3.63) is 58.4 Å². The Labute approximate surface area is 175 Å². The number of aromatic nitrogens is 2. The monoisotopic (exact) mass is 429 g/mol. The van der Waals surface area contributed by atoms with E-state index in [-0.39, 0.29) is 23.0 Å². The number of urea groups is 1. The zero-order chi connectivity index (χ0) is 21.7. The van der Waals surface area contributed by atoms with Crippen LogP contribution in [-0.4, -0.2) is 33.2 Å². The van der Waals surface area contributed by atoms with E-state index in [1.54, 1.807) is 18.2 Å². The van der Waals surface area contributed by atoms with Gasteiger partial charge >= 0.3 is 12.2 Å². The first-order chi connectivity index (χ1) is 14.4. The molecule has 3 amide bonds. The maximum atomic E-state index is 12.4. The Morgan fingerprint density at radius 1 is 1.20 bits per heavy atom. The van der Waals surface area contributed by atoms with Crippen molar-refractivity contribution in [2.45, 2.75) is 19.8 Å². The molecular formula is C19H19N5O5S. The molecule has 2 heterocycles. The highest BCUT2D eigenvalue weighted by Crippen LogP contribution is 2.27. The number of primary amides is 1. The molecule has 0 aliphatic heterocycles. The first kappa shape index (κ1) is 20.9. The third-order valence-electron chi connectivity index (χ3n) is 4.04. The molecule has 10 nitrogen and oxygen atoms in total. The molecule has 11 heteroatoms. The predicted octanol–water partition coefficient (Wildman–Crippen LogP) is 3.42. The molecule has 156 valence electrons. The van der Waals surface area contributed by atoms with Gasteiger partial charge in [-0.2, -0.15) is 0 Å². The van der Waals surface area contributed by atoms with Crippen LogP contribution in [0.3, 0.4) is 0 Å². The number of nitrogens with one attached hydrogen (secondary N) is 3. The number of aromatic amines is 1. The Balaban J connectivity index is 1.74. The second kappa shape index (κ2) is 9.09. The highest BCUT2D eigenvalue weighted by atomic mass is 32.1. The van der Waals surface area contributed by atoms with Crippen LogP contribution in [0, 0.1) is 0 Å². The summed E-state index contributed by atoms with van der Waals surface area (Å²) in [6, 6.07) is 9.99. The zero-order valence-electron chi connectivity index (χ0n) is 15.9. The van der Waals surface area contributed by atoms with Crippen molar-refractivity contribution in [2.24, 2.45) is 5.73 Å². The molecule has 0 radical (unpaired) electrons. The van der Waals surface area contributed by atoms with Gasteiger partial charge in [-0.15, -0.1) is 11.3 Å². The van der Waals surface area contributed by atoms with E-state index in [1.807, 2.05) is 19.1 Å². The fourth-order valence-electron chi connectivity index (χ4n) is 2.75. The Morgan fingerprint density at radius 3 is 2.67 bits per heavy atom. The highest BCUT2D eigenvalue weighted by molar-refractivity contribution is 7.13. The lowest BCUT2D eigenvalue weighted by Crippen LogP contribution is -2.23. The number of carboxylic acid groups (broad SMARTS) is 1. The Kier molecular flexibility index (Phi) is 6.32. The molecule has 0 unspecified atom stereocenters. The average Bonchev–Trinajstić information content (AvgIpc) is 3.28. The van der Waals surface area contributed by atoms with Crippen molar-refractivity contribution >= 4 is 40.9 Å². The number of anilines is 2. The summed E-state index contributed by atoms with van der Waals surface area (Å²) in [4.78, 5) is 42.5. The lowest BCUT2D eigenvalue weighted by molar-refractivity contribution is 0.0996. The molecule has 0 bridgehead atoms. The number of aryl methyl sites for hydroxylation is 1. The number of thiophene rings is 1.